The molecule has 0 fully saturated rings. The average Bonchev–Trinajstić information content (AvgIpc) is 2.66. The van der Waals surface area contributed by atoms with Crippen molar-refractivity contribution in [2.24, 2.45) is 0 Å². The molecule has 0 saturated carbocycles. The molecule has 2 N–H and O–H groups in total. The van der Waals surface area contributed by atoms with Crippen LogP contribution in [0.3, 0.4) is 0 Å². The number of nitrogens with one attached hydrogen (secondary N) is 1. The largest absolute Gasteiger partial charge is 0.477 e. The van der Waals surface area contributed by atoms with Gasteiger partial charge in [-0.2, -0.15) is 5.10 Å². The highest BCUT2D eigenvalue weighted by Crippen LogP contribution is 2.09. The number of aryl methyl sites for hydroxylation is 1. The van der Waals surface area contributed by atoms with Crippen LogP contribution in [0.4, 0.5) is 0 Å². The molecular weight excluding hydrogens is 212 g/mol. The van der Waals surface area contributed by atoms with E-state index in [4.69, 9.17) is 9.84 Å². The second kappa shape index (κ2) is 5.89. The minimum absolute atomic E-state index is 0.0869. The maximum atomic E-state index is 11.0. The Morgan fingerprint density at radius 3 is 2.94 bits per heavy atom. The summed E-state index contributed by atoms with van der Waals surface area (Å²) in [4.78, 5) is 21.7. The van der Waals surface area contributed by atoms with E-state index in [-0.39, 0.29) is 18.1 Å². The van der Waals surface area contributed by atoms with Crippen LogP contribution in [0.25, 0.3) is 0 Å². The van der Waals surface area contributed by atoms with Gasteiger partial charge in [0.1, 0.15) is 5.69 Å². The van der Waals surface area contributed by atoms with Crippen LogP contribution in [0.2, 0.25) is 0 Å². The van der Waals surface area contributed by atoms with Crippen molar-refractivity contribution in [2.75, 3.05) is 6.61 Å². The fourth-order valence-electron chi connectivity index (χ4n) is 1.34. The van der Waals surface area contributed by atoms with E-state index < -0.39 is 5.97 Å². The van der Waals surface area contributed by atoms with E-state index in [1.54, 1.807) is 6.92 Å². The number of carboxylic acid groups (broad SMARTS) is 1. The lowest BCUT2D eigenvalue weighted by Crippen LogP contribution is -2.05. The molecule has 0 unspecified atom stereocenters. The summed E-state index contributed by atoms with van der Waals surface area (Å²) in [5, 5.41) is 14.8. The van der Waals surface area contributed by atoms with Gasteiger partial charge >= 0.3 is 11.9 Å². The van der Waals surface area contributed by atoms with Crippen molar-refractivity contribution in [1.82, 2.24) is 10.2 Å². The van der Waals surface area contributed by atoms with Crippen molar-refractivity contribution in [3.63, 3.8) is 0 Å². The Hall–Kier alpha value is -1.85. The summed E-state index contributed by atoms with van der Waals surface area (Å²) in [6, 6.07) is 0. The highest BCUT2D eigenvalue weighted by molar-refractivity contribution is 5.86. The molecule has 0 aliphatic rings. The average molecular weight is 226 g/mol. The lowest BCUT2D eigenvalue weighted by molar-refractivity contribution is -0.143. The van der Waals surface area contributed by atoms with Crippen molar-refractivity contribution in [3.8, 4) is 0 Å². The van der Waals surface area contributed by atoms with Crippen molar-refractivity contribution in [1.29, 1.82) is 0 Å². The van der Waals surface area contributed by atoms with Crippen LogP contribution in [0.15, 0.2) is 6.20 Å². The van der Waals surface area contributed by atoms with Gasteiger partial charge in [-0.3, -0.25) is 9.89 Å². The molecule has 88 valence electrons. The molecule has 0 atom stereocenters. The van der Waals surface area contributed by atoms with Gasteiger partial charge in [-0.15, -0.1) is 0 Å². The van der Waals surface area contributed by atoms with E-state index >= 15 is 0 Å². The molecule has 0 saturated heterocycles. The zero-order chi connectivity index (χ0) is 12.0. The quantitative estimate of drug-likeness (QED) is 0.706. The molecule has 1 aromatic rings. The van der Waals surface area contributed by atoms with Crippen LogP contribution in [0.5, 0.6) is 0 Å². The number of ether oxygens (including phenoxy) is 1. The third kappa shape index (κ3) is 3.38. The predicted octanol–water partition coefficient (Wildman–Crippen LogP) is 0.994. The molecule has 1 rings (SSSR count). The van der Waals surface area contributed by atoms with Crippen molar-refractivity contribution in [2.45, 2.75) is 26.2 Å². The first-order valence-corrected chi connectivity index (χ1v) is 5.06. The summed E-state index contributed by atoms with van der Waals surface area (Å²) in [5.41, 5.74) is 0.695. The molecule has 0 aliphatic heterocycles. The number of aromatic amines is 1. The van der Waals surface area contributed by atoms with Gasteiger partial charge in [0.05, 0.1) is 12.8 Å². The Kier molecular flexibility index (Phi) is 4.50. The topological polar surface area (TPSA) is 92.3 Å². The summed E-state index contributed by atoms with van der Waals surface area (Å²) < 4.78 is 4.76. The lowest BCUT2D eigenvalue weighted by atomic mass is 10.1. The summed E-state index contributed by atoms with van der Waals surface area (Å²) in [6.07, 6.45) is 2.81. The second-order valence-corrected chi connectivity index (χ2v) is 3.23. The van der Waals surface area contributed by atoms with Crippen LogP contribution >= 0.6 is 0 Å². The van der Waals surface area contributed by atoms with E-state index in [0.717, 1.165) is 0 Å². The first-order valence-electron chi connectivity index (χ1n) is 5.06. The first kappa shape index (κ1) is 12.2. The van der Waals surface area contributed by atoms with Crippen LogP contribution in [0.1, 0.15) is 35.8 Å². The van der Waals surface area contributed by atoms with Gasteiger partial charge in [0.25, 0.3) is 0 Å². The smallest absolute Gasteiger partial charge is 0.354 e. The van der Waals surface area contributed by atoms with Crippen LogP contribution in [0, 0.1) is 0 Å². The van der Waals surface area contributed by atoms with Crippen molar-refractivity contribution in [3.05, 3.63) is 17.5 Å². The number of nitrogens with zero attached hydrogens (tertiary/aromatic N) is 1. The summed E-state index contributed by atoms with van der Waals surface area (Å²) in [5.74, 6) is -1.30. The summed E-state index contributed by atoms with van der Waals surface area (Å²) in [7, 11) is 0. The molecular formula is C10H14N2O4. The molecule has 6 heteroatoms. The molecule has 0 aliphatic carbocycles. The van der Waals surface area contributed by atoms with E-state index in [0.29, 0.717) is 25.0 Å². The fourth-order valence-corrected chi connectivity index (χ4v) is 1.34. The molecule has 0 amide bonds. The van der Waals surface area contributed by atoms with Crippen molar-refractivity contribution < 1.29 is 19.4 Å². The second-order valence-electron chi connectivity index (χ2n) is 3.23. The first-order chi connectivity index (χ1) is 7.65. The van der Waals surface area contributed by atoms with Crippen LogP contribution < -0.4 is 0 Å². The molecule has 0 bridgehead atoms. The molecule has 0 spiro atoms. The Balaban J connectivity index is 2.40. The summed E-state index contributed by atoms with van der Waals surface area (Å²) >= 11 is 0. The highest BCUT2D eigenvalue weighted by Gasteiger charge is 2.12. The van der Waals surface area contributed by atoms with Crippen LogP contribution in [-0.2, 0) is 16.0 Å². The summed E-state index contributed by atoms with van der Waals surface area (Å²) in [6.45, 7) is 2.11. The maximum absolute atomic E-state index is 11.0. The van der Waals surface area contributed by atoms with Gasteiger partial charge < -0.3 is 9.84 Å². The Labute approximate surface area is 92.6 Å². The monoisotopic (exact) mass is 226 g/mol. The number of H-pyrrole nitrogens is 1. The molecule has 0 radical (unpaired) electrons. The normalized spacial score (nSPS) is 10.1. The number of carbonyl (C=O) groups is 2. The molecule has 6 nitrogen and oxygen atoms in total. The number of aromatic carboxylic acids is 1. The van der Waals surface area contributed by atoms with Gasteiger partial charge in [0.2, 0.25) is 0 Å². The third-order valence-electron chi connectivity index (χ3n) is 2.06. The van der Waals surface area contributed by atoms with E-state index in [2.05, 4.69) is 10.2 Å². The van der Waals surface area contributed by atoms with Crippen molar-refractivity contribution >= 4 is 11.9 Å². The Morgan fingerprint density at radius 2 is 2.31 bits per heavy atom. The predicted molar refractivity (Wildman–Crippen MR) is 55.1 cm³/mol. The number of rotatable bonds is 6. The number of hydrogen-bond donors (Lipinski definition) is 2. The number of carboxylic acids is 1. The molecule has 1 heterocycles. The molecule has 1 aromatic heterocycles. The van der Waals surface area contributed by atoms with Gasteiger partial charge in [-0.05, 0) is 19.8 Å². The Morgan fingerprint density at radius 1 is 1.56 bits per heavy atom. The zero-order valence-corrected chi connectivity index (χ0v) is 9.02. The van der Waals surface area contributed by atoms with Crippen LogP contribution in [-0.4, -0.2) is 33.8 Å². The number of carbonyl (C=O) groups excluding carboxylic acids is 1. The van der Waals surface area contributed by atoms with E-state index in [1.165, 1.54) is 6.20 Å². The van der Waals surface area contributed by atoms with Gasteiger partial charge in [-0.1, -0.05) is 0 Å². The minimum Gasteiger partial charge on any atom is -0.477 e. The lowest BCUT2D eigenvalue weighted by Gasteiger charge is -2.01. The number of hydrogen-bond acceptors (Lipinski definition) is 4. The highest BCUT2D eigenvalue weighted by atomic mass is 16.5. The number of aromatic nitrogens is 2. The van der Waals surface area contributed by atoms with E-state index in [9.17, 15) is 9.59 Å². The maximum Gasteiger partial charge on any atom is 0.354 e. The molecule has 0 aromatic carbocycles. The van der Waals surface area contributed by atoms with Gasteiger partial charge in [0.15, 0.2) is 0 Å². The SMILES string of the molecule is CCOC(=O)CCCc1cn[nH]c1C(=O)O. The van der Waals surface area contributed by atoms with E-state index in [1.807, 2.05) is 0 Å². The standard InChI is InChI=1S/C10H14N2O4/c1-2-16-8(13)5-3-4-7-6-11-12-9(7)10(14)15/h6H,2-5H2,1H3,(H,11,12)(H,14,15). The number of esters is 1. The van der Waals surface area contributed by atoms with Gasteiger partial charge in [-0.25, -0.2) is 4.79 Å². The molecule has 16 heavy (non-hydrogen) atoms. The fraction of sp³-hybridized carbons (Fsp3) is 0.500. The minimum atomic E-state index is -1.04. The Bertz CT molecular complexity index is 373. The third-order valence-corrected chi connectivity index (χ3v) is 2.06. The van der Waals surface area contributed by atoms with Gasteiger partial charge in [0, 0.05) is 12.0 Å². The zero-order valence-electron chi connectivity index (χ0n) is 9.02.